The average molecular weight is 182 g/mol. The minimum Gasteiger partial charge on any atom is -0.482 e. The van der Waals surface area contributed by atoms with Crippen LogP contribution < -0.4 is 4.74 Å². The van der Waals surface area contributed by atoms with E-state index in [1.165, 1.54) is 0 Å². The summed E-state index contributed by atoms with van der Waals surface area (Å²) in [4.78, 5) is 10.0. The van der Waals surface area contributed by atoms with E-state index in [1.54, 1.807) is 24.3 Å². The fraction of sp³-hybridized carbons (Fsp3) is 0.300. The zero-order valence-corrected chi connectivity index (χ0v) is 7.86. The molecule has 0 saturated carbocycles. The third-order valence-electron chi connectivity index (χ3n) is 1.11. The lowest BCUT2D eigenvalue weighted by Gasteiger charge is -2.00. The molecule has 0 fully saturated rings. The summed E-state index contributed by atoms with van der Waals surface area (Å²) in [5.74, 6) is -0.385. The number of benzene rings is 1. The van der Waals surface area contributed by atoms with Crippen LogP contribution >= 0.6 is 0 Å². The number of hydrogen-bond acceptors (Lipinski definition) is 2. The maximum absolute atomic E-state index is 10.0. The molecule has 0 spiro atoms. The van der Waals surface area contributed by atoms with Crippen molar-refractivity contribution in [2.75, 3.05) is 6.61 Å². The van der Waals surface area contributed by atoms with Gasteiger partial charge in [-0.15, -0.1) is 0 Å². The lowest BCUT2D eigenvalue weighted by atomic mass is 10.3. The first-order valence-corrected chi connectivity index (χ1v) is 4.18. The maximum Gasteiger partial charge on any atom is 0.341 e. The number of carboxylic acids is 1. The van der Waals surface area contributed by atoms with Crippen molar-refractivity contribution in [1.82, 2.24) is 0 Å². The largest absolute Gasteiger partial charge is 0.482 e. The van der Waals surface area contributed by atoms with Gasteiger partial charge in [0.25, 0.3) is 0 Å². The van der Waals surface area contributed by atoms with Crippen LogP contribution in [-0.4, -0.2) is 17.7 Å². The van der Waals surface area contributed by atoms with Crippen molar-refractivity contribution in [1.29, 1.82) is 0 Å². The van der Waals surface area contributed by atoms with Gasteiger partial charge < -0.3 is 9.84 Å². The summed E-state index contributed by atoms with van der Waals surface area (Å²) in [6.45, 7) is 3.71. The Morgan fingerprint density at radius 1 is 1.31 bits per heavy atom. The van der Waals surface area contributed by atoms with Crippen LogP contribution in [0, 0.1) is 0 Å². The van der Waals surface area contributed by atoms with Gasteiger partial charge in [-0.2, -0.15) is 0 Å². The van der Waals surface area contributed by atoms with Crippen LogP contribution in [-0.2, 0) is 4.79 Å². The molecule has 0 saturated heterocycles. The second kappa shape index (κ2) is 7.16. The molecule has 13 heavy (non-hydrogen) atoms. The molecule has 0 amide bonds. The molecule has 0 aromatic heterocycles. The van der Waals surface area contributed by atoms with Crippen LogP contribution in [0.15, 0.2) is 30.3 Å². The zero-order valence-electron chi connectivity index (χ0n) is 7.86. The molecule has 0 aliphatic carbocycles. The average Bonchev–Trinajstić information content (AvgIpc) is 2.19. The number of ether oxygens (including phenoxy) is 1. The van der Waals surface area contributed by atoms with Gasteiger partial charge in [0.15, 0.2) is 6.61 Å². The van der Waals surface area contributed by atoms with E-state index >= 15 is 0 Å². The Kier molecular flexibility index (Phi) is 6.32. The second-order valence-corrected chi connectivity index (χ2v) is 2.00. The first-order chi connectivity index (χ1) is 6.29. The number of hydrogen-bond donors (Lipinski definition) is 1. The molecule has 1 aromatic rings. The topological polar surface area (TPSA) is 46.5 Å². The van der Waals surface area contributed by atoms with E-state index in [4.69, 9.17) is 9.84 Å². The fourth-order valence-corrected chi connectivity index (χ4v) is 0.662. The monoisotopic (exact) mass is 182 g/mol. The van der Waals surface area contributed by atoms with Gasteiger partial charge in [-0.1, -0.05) is 32.0 Å². The smallest absolute Gasteiger partial charge is 0.341 e. The van der Waals surface area contributed by atoms with Gasteiger partial charge in [0.1, 0.15) is 5.75 Å². The number of aliphatic carboxylic acids is 1. The summed E-state index contributed by atoms with van der Waals surface area (Å²) in [7, 11) is 0. The number of carbonyl (C=O) groups is 1. The molecule has 3 heteroatoms. The molecule has 3 nitrogen and oxygen atoms in total. The Labute approximate surface area is 78.0 Å². The van der Waals surface area contributed by atoms with Crippen LogP contribution in [0.25, 0.3) is 0 Å². The normalized spacial score (nSPS) is 8.15. The number of rotatable bonds is 3. The molecule has 0 aliphatic heterocycles. The quantitative estimate of drug-likeness (QED) is 0.779. The van der Waals surface area contributed by atoms with Crippen LogP contribution in [0.2, 0.25) is 0 Å². The SMILES string of the molecule is CC.O=C(O)COc1ccccc1. The van der Waals surface area contributed by atoms with Crippen molar-refractivity contribution in [3.05, 3.63) is 30.3 Å². The van der Waals surface area contributed by atoms with Crippen molar-refractivity contribution in [3.8, 4) is 5.75 Å². The Bertz CT molecular complexity index is 231. The van der Waals surface area contributed by atoms with Crippen molar-refractivity contribution in [2.24, 2.45) is 0 Å². The predicted molar refractivity (Wildman–Crippen MR) is 50.9 cm³/mol. The Balaban J connectivity index is 0.000000671. The summed E-state index contributed by atoms with van der Waals surface area (Å²) < 4.78 is 4.87. The minimum absolute atomic E-state index is 0.288. The van der Waals surface area contributed by atoms with Crippen LogP contribution in [0.5, 0.6) is 5.75 Å². The number of para-hydroxylation sites is 1. The van der Waals surface area contributed by atoms with Gasteiger partial charge in [-0.3, -0.25) is 0 Å². The van der Waals surface area contributed by atoms with E-state index in [9.17, 15) is 4.79 Å². The van der Waals surface area contributed by atoms with E-state index in [0.29, 0.717) is 5.75 Å². The molecule has 1 N–H and O–H groups in total. The highest BCUT2D eigenvalue weighted by molar-refractivity contribution is 5.68. The molecule has 72 valence electrons. The standard InChI is InChI=1S/C8H8O3.C2H6/c9-8(10)6-11-7-4-2-1-3-5-7;1-2/h1-5H,6H2,(H,9,10);1-2H3. The molecule has 1 rings (SSSR count). The molecular weight excluding hydrogens is 168 g/mol. The molecule has 0 bridgehead atoms. The van der Waals surface area contributed by atoms with Gasteiger partial charge in [0, 0.05) is 0 Å². The van der Waals surface area contributed by atoms with Gasteiger partial charge in [-0.05, 0) is 12.1 Å². The Morgan fingerprint density at radius 3 is 2.31 bits per heavy atom. The van der Waals surface area contributed by atoms with Crippen LogP contribution in [0.4, 0.5) is 0 Å². The molecule has 0 heterocycles. The molecule has 1 aromatic carbocycles. The highest BCUT2D eigenvalue weighted by atomic mass is 16.5. The molecule has 0 radical (unpaired) electrons. The fourth-order valence-electron chi connectivity index (χ4n) is 0.662. The summed E-state index contributed by atoms with van der Waals surface area (Å²) in [5, 5.41) is 8.25. The van der Waals surface area contributed by atoms with E-state index < -0.39 is 5.97 Å². The van der Waals surface area contributed by atoms with E-state index in [0.717, 1.165) is 0 Å². The van der Waals surface area contributed by atoms with Crippen LogP contribution in [0.1, 0.15) is 13.8 Å². The molecule has 0 unspecified atom stereocenters. The van der Waals surface area contributed by atoms with Crippen molar-refractivity contribution >= 4 is 5.97 Å². The molecule has 0 atom stereocenters. The first kappa shape index (κ1) is 11.5. The lowest BCUT2D eigenvalue weighted by molar-refractivity contribution is -0.139. The van der Waals surface area contributed by atoms with Gasteiger partial charge >= 0.3 is 5.97 Å². The lowest BCUT2D eigenvalue weighted by Crippen LogP contribution is -2.09. The Hall–Kier alpha value is -1.51. The van der Waals surface area contributed by atoms with E-state index in [-0.39, 0.29) is 6.61 Å². The molecular formula is C10H14O3. The van der Waals surface area contributed by atoms with Crippen molar-refractivity contribution < 1.29 is 14.6 Å². The van der Waals surface area contributed by atoms with Gasteiger partial charge in [-0.25, -0.2) is 4.79 Å². The van der Waals surface area contributed by atoms with E-state index in [2.05, 4.69) is 0 Å². The maximum atomic E-state index is 10.0. The Morgan fingerprint density at radius 2 is 1.85 bits per heavy atom. The minimum atomic E-state index is -0.964. The predicted octanol–water partition coefficient (Wildman–Crippen LogP) is 2.18. The van der Waals surface area contributed by atoms with Crippen molar-refractivity contribution in [3.63, 3.8) is 0 Å². The van der Waals surface area contributed by atoms with Crippen LogP contribution in [0.3, 0.4) is 0 Å². The summed E-state index contributed by atoms with van der Waals surface area (Å²) >= 11 is 0. The molecule has 0 aliphatic rings. The highest BCUT2D eigenvalue weighted by Crippen LogP contribution is 2.07. The van der Waals surface area contributed by atoms with Gasteiger partial charge in [0.2, 0.25) is 0 Å². The second-order valence-electron chi connectivity index (χ2n) is 2.00. The van der Waals surface area contributed by atoms with Gasteiger partial charge in [0.05, 0.1) is 0 Å². The summed E-state index contributed by atoms with van der Waals surface area (Å²) in [6.07, 6.45) is 0. The highest BCUT2D eigenvalue weighted by Gasteiger charge is 1.96. The zero-order chi connectivity index (χ0) is 10.1. The number of carboxylic acid groups (broad SMARTS) is 1. The van der Waals surface area contributed by atoms with E-state index in [1.807, 2.05) is 19.9 Å². The van der Waals surface area contributed by atoms with Crippen molar-refractivity contribution in [2.45, 2.75) is 13.8 Å². The third-order valence-corrected chi connectivity index (χ3v) is 1.11. The summed E-state index contributed by atoms with van der Waals surface area (Å²) in [5.41, 5.74) is 0. The third kappa shape index (κ3) is 5.73. The summed E-state index contributed by atoms with van der Waals surface area (Å²) in [6, 6.07) is 8.84. The first-order valence-electron chi connectivity index (χ1n) is 4.18.